The Morgan fingerprint density at radius 3 is 2.46 bits per heavy atom. The third-order valence-corrected chi connectivity index (χ3v) is 6.55. The van der Waals surface area contributed by atoms with Crippen molar-refractivity contribution in [1.29, 1.82) is 5.26 Å². The smallest absolute Gasteiger partial charge is 0.253 e. The molecule has 0 radical (unpaired) electrons. The van der Waals surface area contributed by atoms with Gasteiger partial charge in [0.2, 0.25) is 10.0 Å². The molecule has 6 nitrogen and oxygen atoms in total. The zero-order valence-electron chi connectivity index (χ0n) is 15.5. The topological polar surface area (TPSA) is 90.3 Å². The second kappa shape index (κ2) is 9.15. The van der Waals surface area contributed by atoms with E-state index in [0.717, 1.165) is 25.7 Å². The van der Waals surface area contributed by atoms with E-state index >= 15 is 0 Å². The van der Waals surface area contributed by atoms with Gasteiger partial charge in [-0.3, -0.25) is 4.79 Å². The SMILES string of the molecule is Cc1ccc(C(=O)N(C)C2CCCCCCC2)cc1S(=O)(=O)NCC#N. The van der Waals surface area contributed by atoms with Gasteiger partial charge in [-0.1, -0.05) is 38.2 Å². The van der Waals surface area contributed by atoms with E-state index in [1.165, 1.54) is 25.3 Å². The Labute approximate surface area is 156 Å². The molecule has 1 amide bonds. The molecule has 2 rings (SSSR count). The summed E-state index contributed by atoms with van der Waals surface area (Å²) in [5.74, 6) is -0.160. The monoisotopic (exact) mass is 377 g/mol. The lowest BCUT2D eigenvalue weighted by Crippen LogP contribution is -2.37. The zero-order chi connectivity index (χ0) is 19.2. The lowest BCUT2D eigenvalue weighted by Gasteiger charge is -2.30. The first-order valence-corrected chi connectivity index (χ1v) is 10.6. The second-order valence-electron chi connectivity index (χ2n) is 6.88. The van der Waals surface area contributed by atoms with Crippen LogP contribution in [0.15, 0.2) is 23.1 Å². The lowest BCUT2D eigenvalue weighted by atomic mass is 9.95. The number of carbonyl (C=O) groups is 1. The maximum atomic E-state index is 12.9. The van der Waals surface area contributed by atoms with Gasteiger partial charge in [0.25, 0.3) is 5.91 Å². The molecule has 0 unspecified atom stereocenters. The molecule has 1 aliphatic rings. The number of amides is 1. The van der Waals surface area contributed by atoms with Crippen molar-refractivity contribution in [2.45, 2.75) is 62.8 Å². The first-order chi connectivity index (χ1) is 12.4. The van der Waals surface area contributed by atoms with Gasteiger partial charge in [0, 0.05) is 18.7 Å². The normalized spacial score (nSPS) is 16.3. The summed E-state index contributed by atoms with van der Waals surface area (Å²) in [5, 5.41) is 8.61. The summed E-state index contributed by atoms with van der Waals surface area (Å²) >= 11 is 0. The Kier molecular flexibility index (Phi) is 7.18. The minimum absolute atomic E-state index is 0.0460. The van der Waals surface area contributed by atoms with Gasteiger partial charge in [0.15, 0.2) is 0 Å². The summed E-state index contributed by atoms with van der Waals surface area (Å²) in [5.41, 5.74) is 0.901. The molecule has 0 aromatic heterocycles. The number of aryl methyl sites for hydroxylation is 1. The number of hydrogen-bond donors (Lipinski definition) is 1. The Balaban J connectivity index is 2.23. The standard InChI is InChI=1S/C19H27N3O3S/c1-15-10-11-16(14-18(15)26(24,25)21-13-12-20)19(23)22(2)17-8-6-4-3-5-7-9-17/h10-11,14,17,21H,3-9,13H2,1-2H3. The van der Waals surface area contributed by atoms with Gasteiger partial charge >= 0.3 is 0 Å². The van der Waals surface area contributed by atoms with Crippen molar-refractivity contribution < 1.29 is 13.2 Å². The summed E-state index contributed by atoms with van der Waals surface area (Å²) < 4.78 is 26.9. The first kappa shape index (κ1) is 20.4. The fourth-order valence-electron chi connectivity index (χ4n) is 3.42. The molecule has 1 aliphatic carbocycles. The molecule has 1 fully saturated rings. The minimum Gasteiger partial charge on any atom is -0.339 e. The van der Waals surface area contributed by atoms with Crippen molar-refractivity contribution in [2.24, 2.45) is 0 Å². The fraction of sp³-hybridized carbons (Fsp3) is 0.579. The number of sulfonamides is 1. The van der Waals surface area contributed by atoms with Gasteiger partial charge in [0.05, 0.1) is 17.5 Å². The molecule has 1 aromatic carbocycles. The van der Waals surface area contributed by atoms with E-state index in [0.29, 0.717) is 11.1 Å². The Morgan fingerprint density at radius 1 is 1.23 bits per heavy atom. The van der Waals surface area contributed by atoms with Crippen LogP contribution in [0.25, 0.3) is 0 Å². The van der Waals surface area contributed by atoms with Crippen molar-refractivity contribution in [1.82, 2.24) is 9.62 Å². The van der Waals surface area contributed by atoms with E-state index in [2.05, 4.69) is 4.72 Å². The molecule has 1 N–H and O–H groups in total. The van der Waals surface area contributed by atoms with E-state index < -0.39 is 10.0 Å². The van der Waals surface area contributed by atoms with E-state index in [-0.39, 0.29) is 23.4 Å². The molecule has 0 bridgehead atoms. The van der Waals surface area contributed by atoms with Crippen molar-refractivity contribution in [3.8, 4) is 6.07 Å². The quantitative estimate of drug-likeness (QED) is 0.799. The predicted octanol–water partition coefficient (Wildman–Crippen LogP) is 2.98. The number of nitriles is 1. The third kappa shape index (κ3) is 5.05. The van der Waals surface area contributed by atoms with Crippen LogP contribution in [-0.4, -0.2) is 38.9 Å². The molecule has 142 valence electrons. The Morgan fingerprint density at radius 2 is 1.85 bits per heavy atom. The van der Waals surface area contributed by atoms with Gasteiger partial charge in [-0.2, -0.15) is 9.98 Å². The van der Waals surface area contributed by atoms with Crippen LogP contribution >= 0.6 is 0 Å². The highest BCUT2D eigenvalue weighted by molar-refractivity contribution is 7.89. The molecule has 26 heavy (non-hydrogen) atoms. The van der Waals surface area contributed by atoms with Gasteiger partial charge in [-0.15, -0.1) is 0 Å². The Hall–Kier alpha value is -1.91. The summed E-state index contributed by atoms with van der Waals surface area (Å²) in [4.78, 5) is 14.7. The molecule has 0 saturated heterocycles. The molecule has 1 aromatic rings. The minimum atomic E-state index is -3.81. The number of nitrogens with one attached hydrogen (secondary N) is 1. The van der Waals surface area contributed by atoms with Crippen molar-refractivity contribution in [2.75, 3.05) is 13.6 Å². The molecule has 0 spiro atoms. The highest BCUT2D eigenvalue weighted by Gasteiger charge is 2.24. The molecular formula is C19H27N3O3S. The molecule has 0 atom stereocenters. The predicted molar refractivity (Wildman–Crippen MR) is 100 cm³/mol. The number of carbonyl (C=O) groups excluding carboxylic acids is 1. The van der Waals surface area contributed by atoms with Crippen LogP contribution < -0.4 is 4.72 Å². The summed E-state index contributed by atoms with van der Waals surface area (Å²) in [6.45, 7) is 1.37. The van der Waals surface area contributed by atoms with Crippen LogP contribution in [-0.2, 0) is 10.0 Å². The van der Waals surface area contributed by atoms with E-state index in [4.69, 9.17) is 5.26 Å². The zero-order valence-corrected chi connectivity index (χ0v) is 16.3. The third-order valence-electron chi connectivity index (χ3n) is 5.01. The maximum absolute atomic E-state index is 12.9. The second-order valence-corrected chi connectivity index (χ2v) is 8.61. The summed E-state index contributed by atoms with van der Waals surface area (Å²) in [6.07, 6.45) is 7.89. The fourth-order valence-corrected chi connectivity index (χ4v) is 4.60. The van der Waals surface area contributed by atoms with Crippen molar-refractivity contribution >= 4 is 15.9 Å². The molecule has 7 heteroatoms. The number of hydrogen-bond acceptors (Lipinski definition) is 4. The van der Waals surface area contributed by atoms with Gasteiger partial charge in [0.1, 0.15) is 0 Å². The van der Waals surface area contributed by atoms with Crippen LogP contribution in [0.4, 0.5) is 0 Å². The average Bonchev–Trinajstić information content (AvgIpc) is 2.59. The largest absolute Gasteiger partial charge is 0.339 e. The van der Waals surface area contributed by atoms with Crippen LogP contribution in [0.1, 0.15) is 60.9 Å². The number of benzene rings is 1. The highest BCUT2D eigenvalue weighted by atomic mass is 32.2. The number of nitrogens with zero attached hydrogens (tertiary/aromatic N) is 2. The summed E-state index contributed by atoms with van der Waals surface area (Å²) in [6, 6.07) is 6.67. The van der Waals surface area contributed by atoms with Gasteiger partial charge in [-0.25, -0.2) is 8.42 Å². The molecule has 0 heterocycles. The van der Waals surface area contributed by atoms with Crippen molar-refractivity contribution in [3.63, 3.8) is 0 Å². The lowest BCUT2D eigenvalue weighted by molar-refractivity contribution is 0.0706. The van der Waals surface area contributed by atoms with E-state index in [9.17, 15) is 13.2 Å². The average molecular weight is 378 g/mol. The maximum Gasteiger partial charge on any atom is 0.253 e. The van der Waals surface area contributed by atoms with Crippen LogP contribution in [0.2, 0.25) is 0 Å². The Bertz CT molecular complexity index is 776. The first-order valence-electron chi connectivity index (χ1n) is 9.11. The van der Waals surface area contributed by atoms with Crippen LogP contribution in [0.3, 0.4) is 0 Å². The van der Waals surface area contributed by atoms with Crippen molar-refractivity contribution in [3.05, 3.63) is 29.3 Å². The molecule has 0 aliphatic heterocycles. The molecular weight excluding hydrogens is 350 g/mol. The van der Waals surface area contributed by atoms with Crippen LogP contribution in [0.5, 0.6) is 0 Å². The highest BCUT2D eigenvalue weighted by Crippen LogP contribution is 2.23. The summed E-state index contributed by atoms with van der Waals surface area (Å²) in [7, 11) is -2.01. The van der Waals surface area contributed by atoms with Crippen LogP contribution in [0, 0.1) is 18.3 Å². The molecule has 1 saturated carbocycles. The van der Waals surface area contributed by atoms with Gasteiger partial charge in [-0.05, 0) is 37.5 Å². The van der Waals surface area contributed by atoms with E-state index in [1.54, 1.807) is 37.1 Å². The van der Waals surface area contributed by atoms with Gasteiger partial charge < -0.3 is 4.90 Å². The number of rotatable bonds is 5. The van der Waals surface area contributed by atoms with E-state index in [1.807, 2.05) is 0 Å².